The predicted octanol–water partition coefficient (Wildman–Crippen LogP) is 3.06. The molecule has 2 nitrogen and oxygen atoms in total. The fraction of sp³-hybridized carbons (Fsp3) is 0.562. The third kappa shape index (κ3) is 1.12. The van der Waals surface area contributed by atoms with Crippen molar-refractivity contribution in [2.75, 3.05) is 0 Å². The highest BCUT2D eigenvalue weighted by molar-refractivity contribution is 5.64. The van der Waals surface area contributed by atoms with Crippen molar-refractivity contribution in [2.24, 2.45) is 0 Å². The van der Waals surface area contributed by atoms with Crippen LogP contribution >= 0.6 is 0 Å². The molecule has 0 radical (unpaired) electrons. The fourth-order valence-corrected chi connectivity index (χ4v) is 3.75. The lowest BCUT2D eigenvalue weighted by atomic mass is 9.88. The van der Waals surface area contributed by atoms with E-state index in [9.17, 15) is 0 Å². The summed E-state index contributed by atoms with van der Waals surface area (Å²) in [5, 5.41) is 0. The van der Waals surface area contributed by atoms with Gasteiger partial charge in [-0.05, 0) is 52.7 Å². The molecule has 0 saturated heterocycles. The first-order chi connectivity index (χ1) is 8.27. The van der Waals surface area contributed by atoms with Crippen LogP contribution in [-0.2, 0) is 12.0 Å². The van der Waals surface area contributed by atoms with Crippen molar-refractivity contribution in [1.82, 2.24) is 4.40 Å². The van der Waals surface area contributed by atoms with Gasteiger partial charge in [0.1, 0.15) is 11.2 Å². The summed E-state index contributed by atoms with van der Waals surface area (Å²) in [7, 11) is 0. The molecule has 1 aliphatic heterocycles. The van der Waals surface area contributed by atoms with Gasteiger partial charge in [0.25, 0.3) is 5.82 Å². The number of hydrogen-bond acceptors (Lipinski definition) is 0. The Balaban J connectivity index is 2.56. The molecule has 2 aromatic rings. The molecular formula is C16H23N2+. The first-order valence-electron chi connectivity index (χ1n) is 6.80. The lowest BCUT2D eigenvalue weighted by molar-refractivity contribution is -0.806. The zero-order valence-electron chi connectivity index (χ0n) is 12.6. The summed E-state index contributed by atoms with van der Waals surface area (Å²) in [6.45, 7) is 15.9. The van der Waals surface area contributed by atoms with Crippen LogP contribution < -0.4 is 4.57 Å². The Morgan fingerprint density at radius 1 is 0.944 bits per heavy atom. The summed E-state index contributed by atoms with van der Waals surface area (Å²) in [5.41, 5.74) is 8.97. The molecule has 0 spiro atoms. The van der Waals surface area contributed by atoms with Gasteiger partial charge in [0.15, 0.2) is 11.2 Å². The van der Waals surface area contributed by atoms with Crippen molar-refractivity contribution in [3.8, 4) is 0 Å². The second-order valence-corrected chi connectivity index (χ2v) is 6.46. The monoisotopic (exact) mass is 243 g/mol. The molecule has 0 bridgehead atoms. The van der Waals surface area contributed by atoms with E-state index in [2.05, 4.69) is 57.4 Å². The third-order valence-electron chi connectivity index (χ3n) is 4.98. The van der Waals surface area contributed by atoms with Crippen LogP contribution in [0.25, 0.3) is 5.52 Å². The first kappa shape index (κ1) is 11.8. The smallest absolute Gasteiger partial charge is 0.225 e. The van der Waals surface area contributed by atoms with Gasteiger partial charge in [-0.25, -0.2) is 4.57 Å². The molecule has 3 heterocycles. The van der Waals surface area contributed by atoms with E-state index in [0.29, 0.717) is 0 Å². The number of rotatable bonds is 0. The molecule has 1 aliphatic rings. The largest absolute Gasteiger partial charge is 0.259 e. The maximum Gasteiger partial charge on any atom is 0.259 e. The van der Waals surface area contributed by atoms with E-state index >= 15 is 0 Å². The zero-order chi connectivity index (χ0) is 13.4. The molecule has 0 N–H and O–H groups in total. The molecule has 96 valence electrons. The number of fused-ring (bicyclic) bond motifs is 3. The molecule has 3 rings (SSSR count). The minimum Gasteiger partial charge on any atom is -0.225 e. The number of nitrogens with zero attached hydrogens (tertiary/aromatic N) is 2. The van der Waals surface area contributed by atoms with Crippen LogP contribution in [0.3, 0.4) is 0 Å². The van der Waals surface area contributed by atoms with E-state index in [1.807, 2.05) is 0 Å². The van der Waals surface area contributed by atoms with Gasteiger partial charge >= 0.3 is 0 Å². The highest BCUT2D eigenvalue weighted by Gasteiger charge is 2.46. The van der Waals surface area contributed by atoms with Crippen LogP contribution in [0.5, 0.6) is 0 Å². The Morgan fingerprint density at radius 2 is 1.56 bits per heavy atom. The fourth-order valence-electron chi connectivity index (χ4n) is 3.75. The van der Waals surface area contributed by atoms with Gasteiger partial charge in [-0.2, -0.15) is 4.40 Å². The molecule has 0 aliphatic carbocycles. The molecular weight excluding hydrogens is 220 g/mol. The van der Waals surface area contributed by atoms with E-state index in [0.717, 1.165) is 0 Å². The summed E-state index contributed by atoms with van der Waals surface area (Å²) >= 11 is 0. The van der Waals surface area contributed by atoms with Crippen LogP contribution in [0.1, 0.15) is 47.8 Å². The maximum absolute atomic E-state index is 2.52. The molecule has 0 aromatic carbocycles. The SMILES string of the molecule is Cc1c(C)c(C)n2c(C)[n+]3c(c2c1C)CC3(C)C. The highest BCUT2D eigenvalue weighted by atomic mass is 15.2. The van der Waals surface area contributed by atoms with Crippen LogP contribution in [0.4, 0.5) is 0 Å². The summed E-state index contributed by atoms with van der Waals surface area (Å²) in [4.78, 5) is 0. The van der Waals surface area contributed by atoms with Gasteiger partial charge in [0, 0.05) is 12.5 Å². The van der Waals surface area contributed by atoms with Crippen molar-refractivity contribution < 1.29 is 4.57 Å². The number of aromatic nitrogens is 2. The second kappa shape index (κ2) is 3.17. The van der Waals surface area contributed by atoms with Crippen molar-refractivity contribution in [3.05, 3.63) is 33.9 Å². The summed E-state index contributed by atoms with van der Waals surface area (Å²) in [6.07, 6.45) is 1.19. The topological polar surface area (TPSA) is 8.29 Å². The predicted molar refractivity (Wildman–Crippen MR) is 74.3 cm³/mol. The number of pyridine rings is 1. The molecule has 18 heavy (non-hydrogen) atoms. The minimum atomic E-state index is 0.284. The first-order valence-corrected chi connectivity index (χ1v) is 6.80. The number of imidazole rings is 1. The Kier molecular flexibility index (Phi) is 2.07. The Hall–Kier alpha value is -1.31. The van der Waals surface area contributed by atoms with E-state index in [1.165, 1.54) is 45.8 Å². The molecule has 2 heteroatoms. The molecule has 0 unspecified atom stereocenters. The average Bonchev–Trinajstić information content (AvgIpc) is 2.52. The molecule has 0 saturated carbocycles. The Bertz CT molecular complexity index is 642. The standard InChI is InChI=1S/C16H23N2/c1-9-10(2)12(4)17-13(5)18-14(8-16(18,6)7)15(17)11(9)3/h8H2,1-7H3/q+1. The average molecular weight is 243 g/mol. The van der Waals surface area contributed by atoms with Gasteiger partial charge in [-0.15, -0.1) is 0 Å². The summed E-state index contributed by atoms with van der Waals surface area (Å²) in [5.74, 6) is 1.37. The summed E-state index contributed by atoms with van der Waals surface area (Å²) < 4.78 is 4.98. The van der Waals surface area contributed by atoms with Crippen LogP contribution in [0.2, 0.25) is 0 Å². The van der Waals surface area contributed by atoms with Gasteiger partial charge in [0.05, 0.1) is 6.42 Å². The Morgan fingerprint density at radius 3 is 2.11 bits per heavy atom. The highest BCUT2D eigenvalue weighted by Crippen LogP contribution is 2.34. The Labute approximate surface area is 109 Å². The van der Waals surface area contributed by atoms with Crippen LogP contribution in [0.15, 0.2) is 0 Å². The zero-order valence-corrected chi connectivity index (χ0v) is 12.6. The number of aryl methyl sites for hydroxylation is 3. The number of hydrogen-bond donors (Lipinski definition) is 0. The van der Waals surface area contributed by atoms with Crippen molar-refractivity contribution in [1.29, 1.82) is 0 Å². The normalized spacial score (nSPS) is 16.8. The second-order valence-electron chi connectivity index (χ2n) is 6.46. The van der Waals surface area contributed by atoms with E-state index in [1.54, 1.807) is 0 Å². The van der Waals surface area contributed by atoms with Gasteiger partial charge < -0.3 is 0 Å². The lowest BCUT2D eigenvalue weighted by Gasteiger charge is -2.31. The minimum absolute atomic E-state index is 0.284. The van der Waals surface area contributed by atoms with E-state index < -0.39 is 0 Å². The van der Waals surface area contributed by atoms with E-state index in [-0.39, 0.29) is 5.54 Å². The van der Waals surface area contributed by atoms with Gasteiger partial charge in [-0.1, -0.05) is 0 Å². The van der Waals surface area contributed by atoms with Crippen LogP contribution in [0, 0.1) is 34.6 Å². The maximum atomic E-state index is 2.52. The van der Waals surface area contributed by atoms with E-state index in [4.69, 9.17) is 0 Å². The molecule has 0 fully saturated rings. The summed E-state index contributed by atoms with van der Waals surface area (Å²) in [6, 6.07) is 0. The quantitative estimate of drug-likeness (QED) is 0.629. The van der Waals surface area contributed by atoms with Gasteiger partial charge in [-0.3, -0.25) is 0 Å². The lowest BCUT2D eigenvalue weighted by Crippen LogP contribution is -2.66. The van der Waals surface area contributed by atoms with Gasteiger partial charge in [0.2, 0.25) is 0 Å². The van der Waals surface area contributed by atoms with Crippen molar-refractivity contribution in [3.63, 3.8) is 0 Å². The molecule has 0 amide bonds. The third-order valence-corrected chi connectivity index (χ3v) is 4.98. The van der Waals surface area contributed by atoms with Crippen molar-refractivity contribution in [2.45, 2.75) is 60.4 Å². The van der Waals surface area contributed by atoms with Crippen molar-refractivity contribution >= 4 is 5.52 Å². The molecule has 2 aromatic heterocycles. The van der Waals surface area contributed by atoms with Crippen LogP contribution in [-0.4, -0.2) is 4.40 Å². The molecule has 0 atom stereocenters.